The maximum atomic E-state index is 13.0. The molecule has 1 heterocycles. The minimum atomic E-state index is -3.75. The van der Waals surface area contributed by atoms with Crippen LogP contribution >= 0.6 is 11.6 Å². The number of carbonyl (C=O) groups excluding carboxylic acids is 1. The van der Waals surface area contributed by atoms with Crippen molar-refractivity contribution in [2.75, 3.05) is 52.3 Å². The third-order valence-corrected chi connectivity index (χ3v) is 6.95. The summed E-state index contributed by atoms with van der Waals surface area (Å²) in [6.45, 7) is 1.59. The van der Waals surface area contributed by atoms with E-state index < -0.39 is 10.0 Å². The molecule has 0 spiro atoms. The van der Waals surface area contributed by atoms with Gasteiger partial charge < -0.3 is 14.8 Å². The van der Waals surface area contributed by atoms with Crippen LogP contribution in [0.3, 0.4) is 0 Å². The molecule has 0 radical (unpaired) electrons. The van der Waals surface area contributed by atoms with Crippen LogP contribution in [0.1, 0.15) is 0 Å². The molecule has 2 aromatic carbocycles. The molecule has 1 amide bonds. The van der Waals surface area contributed by atoms with E-state index in [0.717, 1.165) is 0 Å². The number of nitrogens with zero attached hydrogens (tertiary/aromatic N) is 2. The molecule has 10 heteroatoms. The number of ether oxygens (including phenoxy) is 2. The van der Waals surface area contributed by atoms with Crippen LogP contribution in [0.4, 0.5) is 5.69 Å². The highest BCUT2D eigenvalue weighted by atomic mass is 35.5. The first-order chi connectivity index (χ1) is 14.3. The molecule has 0 unspecified atom stereocenters. The Bertz CT molecular complexity index is 1010. The Morgan fingerprint density at radius 1 is 1.07 bits per heavy atom. The molecule has 1 aliphatic rings. The van der Waals surface area contributed by atoms with Gasteiger partial charge in [-0.05, 0) is 30.3 Å². The zero-order valence-electron chi connectivity index (χ0n) is 16.8. The lowest BCUT2D eigenvalue weighted by atomic mass is 10.3. The van der Waals surface area contributed by atoms with Crippen molar-refractivity contribution in [3.05, 3.63) is 47.5 Å². The van der Waals surface area contributed by atoms with E-state index in [1.54, 1.807) is 37.4 Å². The van der Waals surface area contributed by atoms with E-state index in [1.165, 1.54) is 23.5 Å². The van der Waals surface area contributed by atoms with Crippen molar-refractivity contribution < 1.29 is 22.7 Å². The van der Waals surface area contributed by atoms with Gasteiger partial charge in [0.05, 0.1) is 20.8 Å². The normalized spacial score (nSPS) is 15.6. The number of nitrogens with one attached hydrogen (secondary N) is 1. The first-order valence-corrected chi connectivity index (χ1v) is 11.2. The molecule has 1 saturated heterocycles. The molecule has 1 N–H and O–H groups in total. The van der Waals surface area contributed by atoms with Crippen LogP contribution in [-0.2, 0) is 14.8 Å². The summed E-state index contributed by atoms with van der Waals surface area (Å²) in [7, 11) is -0.772. The van der Waals surface area contributed by atoms with Gasteiger partial charge in [0.1, 0.15) is 16.4 Å². The summed E-state index contributed by atoms with van der Waals surface area (Å²) in [5.41, 5.74) is 0.647. The van der Waals surface area contributed by atoms with E-state index in [0.29, 0.717) is 29.5 Å². The van der Waals surface area contributed by atoms with Crippen LogP contribution in [0.2, 0.25) is 5.02 Å². The fraction of sp³-hybridized carbons (Fsp3) is 0.350. The van der Waals surface area contributed by atoms with Gasteiger partial charge in [-0.15, -0.1) is 0 Å². The molecule has 30 heavy (non-hydrogen) atoms. The average molecular weight is 454 g/mol. The molecule has 0 bridgehead atoms. The molecule has 8 nitrogen and oxygen atoms in total. The first-order valence-electron chi connectivity index (χ1n) is 9.33. The number of piperazine rings is 1. The minimum Gasteiger partial charge on any atom is -0.497 e. The van der Waals surface area contributed by atoms with Crippen LogP contribution in [0.15, 0.2) is 47.4 Å². The lowest BCUT2D eigenvalue weighted by Gasteiger charge is -2.33. The molecule has 0 atom stereocenters. The van der Waals surface area contributed by atoms with Crippen molar-refractivity contribution >= 4 is 33.2 Å². The number of amides is 1. The third-order valence-electron chi connectivity index (χ3n) is 4.80. The molecule has 0 saturated carbocycles. The number of rotatable bonds is 7. The summed E-state index contributed by atoms with van der Waals surface area (Å²) in [6, 6.07) is 11.6. The van der Waals surface area contributed by atoms with Crippen LogP contribution in [0, 0.1) is 0 Å². The van der Waals surface area contributed by atoms with Crippen molar-refractivity contribution in [3.8, 4) is 11.5 Å². The number of methoxy groups -OCH3 is 2. The number of sulfonamides is 1. The molecule has 3 rings (SSSR count). The first kappa shape index (κ1) is 22.4. The van der Waals surface area contributed by atoms with Gasteiger partial charge >= 0.3 is 0 Å². The highest BCUT2D eigenvalue weighted by Crippen LogP contribution is 2.30. The summed E-state index contributed by atoms with van der Waals surface area (Å²) in [6.07, 6.45) is 0. The van der Waals surface area contributed by atoms with Crippen molar-refractivity contribution in [2.45, 2.75) is 4.90 Å². The van der Waals surface area contributed by atoms with Gasteiger partial charge in [-0.1, -0.05) is 17.7 Å². The van der Waals surface area contributed by atoms with E-state index in [4.69, 9.17) is 21.1 Å². The fourth-order valence-electron chi connectivity index (χ4n) is 3.22. The zero-order chi connectivity index (χ0) is 21.7. The van der Waals surface area contributed by atoms with Gasteiger partial charge in [0, 0.05) is 43.0 Å². The molecule has 1 fully saturated rings. The van der Waals surface area contributed by atoms with Gasteiger partial charge in [0.25, 0.3) is 0 Å². The number of hydrogen-bond donors (Lipinski definition) is 1. The summed E-state index contributed by atoms with van der Waals surface area (Å²) in [4.78, 5) is 14.3. The van der Waals surface area contributed by atoms with Crippen molar-refractivity contribution in [1.82, 2.24) is 9.21 Å². The molecule has 0 aromatic heterocycles. The summed E-state index contributed by atoms with van der Waals surface area (Å²) in [5, 5.41) is 3.15. The maximum absolute atomic E-state index is 13.0. The monoisotopic (exact) mass is 453 g/mol. The van der Waals surface area contributed by atoms with Crippen LogP contribution in [-0.4, -0.2) is 70.5 Å². The lowest BCUT2D eigenvalue weighted by Crippen LogP contribution is -2.50. The quantitative estimate of drug-likeness (QED) is 0.692. The van der Waals surface area contributed by atoms with Crippen molar-refractivity contribution in [2.24, 2.45) is 0 Å². The Morgan fingerprint density at radius 2 is 1.80 bits per heavy atom. The van der Waals surface area contributed by atoms with Gasteiger partial charge in [-0.3, -0.25) is 9.69 Å². The maximum Gasteiger partial charge on any atom is 0.246 e. The molecule has 0 aliphatic carbocycles. The molecule has 162 valence electrons. The number of benzene rings is 2. The molecular weight excluding hydrogens is 430 g/mol. The summed E-state index contributed by atoms with van der Waals surface area (Å²) in [5.74, 6) is 0.735. The van der Waals surface area contributed by atoms with Crippen LogP contribution in [0.5, 0.6) is 11.5 Å². The number of hydrogen-bond acceptors (Lipinski definition) is 6. The fourth-order valence-corrected chi connectivity index (χ4v) is 5.06. The van der Waals surface area contributed by atoms with Crippen molar-refractivity contribution in [1.29, 1.82) is 0 Å². The third kappa shape index (κ3) is 5.23. The van der Waals surface area contributed by atoms with E-state index in [9.17, 15) is 13.2 Å². The van der Waals surface area contributed by atoms with Crippen molar-refractivity contribution in [3.63, 3.8) is 0 Å². The predicted molar refractivity (Wildman–Crippen MR) is 115 cm³/mol. The second kappa shape index (κ2) is 9.65. The zero-order valence-corrected chi connectivity index (χ0v) is 18.4. The topological polar surface area (TPSA) is 88.2 Å². The number of halogens is 1. The molecular formula is C20H24ClN3O5S. The van der Waals surface area contributed by atoms with E-state index in [-0.39, 0.29) is 36.2 Å². The van der Waals surface area contributed by atoms with Gasteiger partial charge in [-0.25, -0.2) is 8.42 Å². The number of carbonyl (C=O) groups is 1. The molecule has 2 aromatic rings. The predicted octanol–water partition coefficient (Wildman–Crippen LogP) is 2.30. The minimum absolute atomic E-state index is 0.0433. The van der Waals surface area contributed by atoms with E-state index in [2.05, 4.69) is 5.32 Å². The Morgan fingerprint density at radius 3 is 2.47 bits per heavy atom. The molecule has 1 aliphatic heterocycles. The van der Waals surface area contributed by atoms with Crippen LogP contribution < -0.4 is 14.8 Å². The summed E-state index contributed by atoms with van der Waals surface area (Å²) >= 11 is 5.99. The Balaban J connectivity index is 1.59. The van der Waals surface area contributed by atoms with E-state index in [1.807, 2.05) is 4.90 Å². The summed E-state index contributed by atoms with van der Waals surface area (Å²) < 4.78 is 37.8. The van der Waals surface area contributed by atoms with Crippen LogP contribution in [0.25, 0.3) is 0 Å². The smallest absolute Gasteiger partial charge is 0.246 e. The Kier molecular flexibility index (Phi) is 7.19. The second-order valence-electron chi connectivity index (χ2n) is 6.76. The Hall–Kier alpha value is -2.33. The van der Waals surface area contributed by atoms with E-state index >= 15 is 0 Å². The Labute approximate surface area is 181 Å². The highest BCUT2D eigenvalue weighted by molar-refractivity contribution is 7.89. The van der Waals surface area contributed by atoms with Gasteiger partial charge in [-0.2, -0.15) is 4.31 Å². The second-order valence-corrected chi connectivity index (χ2v) is 9.10. The standard InChI is InChI=1S/C20H24ClN3O5S/c1-28-17-5-3-4-16(13-17)22-20(25)14-23-8-10-24(11-9-23)30(26,27)19-12-15(21)6-7-18(19)29-2/h3-7,12-13H,8-11,14H2,1-2H3,(H,22,25). The lowest BCUT2D eigenvalue weighted by molar-refractivity contribution is -0.117. The highest BCUT2D eigenvalue weighted by Gasteiger charge is 2.31. The average Bonchev–Trinajstić information content (AvgIpc) is 2.74. The van der Waals surface area contributed by atoms with Gasteiger partial charge in [0.15, 0.2) is 0 Å². The van der Waals surface area contributed by atoms with Gasteiger partial charge in [0.2, 0.25) is 15.9 Å². The SMILES string of the molecule is COc1cccc(NC(=O)CN2CCN(S(=O)(=O)c3cc(Cl)ccc3OC)CC2)c1. The largest absolute Gasteiger partial charge is 0.497 e. The number of anilines is 1.